The fourth-order valence-electron chi connectivity index (χ4n) is 4.70. The molecule has 2 aliphatic rings. The number of hydrogen-bond acceptors (Lipinski definition) is 0. The first kappa shape index (κ1) is 29.4. The third-order valence-corrected chi connectivity index (χ3v) is 12.2. The Hall–Kier alpha value is 0.423. The minimum absolute atomic E-state index is 0. The zero-order valence-corrected chi connectivity index (χ0v) is 24.3. The van der Waals surface area contributed by atoms with E-state index in [0.29, 0.717) is 28.9 Å². The van der Waals surface area contributed by atoms with E-state index in [9.17, 15) is 0 Å². The second-order valence-corrected chi connectivity index (χ2v) is 16.3. The van der Waals surface area contributed by atoms with Gasteiger partial charge in [-0.05, 0) is 0 Å². The maximum absolute atomic E-state index is 2.65. The van der Waals surface area contributed by atoms with Gasteiger partial charge in [0.15, 0.2) is 0 Å². The molecule has 2 aliphatic carbocycles. The number of halogens is 2. The third-order valence-electron chi connectivity index (χ3n) is 8.00. The van der Waals surface area contributed by atoms with Crippen molar-refractivity contribution in [2.75, 3.05) is 0 Å². The van der Waals surface area contributed by atoms with Crippen LogP contribution in [0.5, 0.6) is 0 Å². The molecule has 0 nitrogen and oxygen atoms in total. The zero-order valence-electron chi connectivity index (χ0n) is 20.3. The summed E-state index contributed by atoms with van der Waals surface area (Å²) in [6.45, 7) is 24.1. The van der Waals surface area contributed by atoms with Gasteiger partial charge in [0.1, 0.15) is 0 Å². The van der Waals surface area contributed by atoms with Gasteiger partial charge in [-0.3, -0.25) is 0 Å². The van der Waals surface area contributed by atoms with E-state index in [1.54, 1.807) is 11.1 Å². The average Bonchev–Trinajstić information content (AvgIpc) is 3.16. The third kappa shape index (κ3) is 5.81. The van der Waals surface area contributed by atoms with Crippen molar-refractivity contribution in [3.05, 3.63) is 47.6 Å². The van der Waals surface area contributed by atoms with E-state index in [2.05, 4.69) is 106 Å². The molecular formula is C26H42Cl2Zr. The van der Waals surface area contributed by atoms with Crippen LogP contribution in [0.3, 0.4) is 0 Å². The Balaban J connectivity index is 0.00000392. The topological polar surface area (TPSA) is 0 Å². The van der Waals surface area contributed by atoms with E-state index < -0.39 is 23.2 Å². The molecule has 164 valence electrons. The first-order chi connectivity index (χ1) is 12.3. The van der Waals surface area contributed by atoms with E-state index in [0.717, 1.165) is 0 Å². The smallest absolute Gasteiger partial charge is 1.00 e. The molecule has 4 unspecified atom stereocenters. The van der Waals surface area contributed by atoms with Crippen LogP contribution in [0.4, 0.5) is 0 Å². The van der Waals surface area contributed by atoms with Gasteiger partial charge >= 0.3 is 182 Å². The fourth-order valence-corrected chi connectivity index (χ4v) is 9.49. The summed E-state index contributed by atoms with van der Waals surface area (Å²) >= 11 is -0.746. The SMILES string of the molecule is CCC(C)(C1=C[C](C)([Zr+2][C]2(C)C=CC(C(C)(CC)C(C)C)=C2)C=C1)C(C)C.[Cl-].[Cl-]. The van der Waals surface area contributed by atoms with Crippen molar-refractivity contribution >= 4 is 0 Å². The molecule has 0 aromatic rings. The van der Waals surface area contributed by atoms with Gasteiger partial charge in [0.25, 0.3) is 0 Å². The maximum atomic E-state index is 2.65. The molecule has 0 aromatic carbocycles. The van der Waals surface area contributed by atoms with Crippen LogP contribution in [0.15, 0.2) is 47.6 Å². The monoisotopic (exact) mass is 514 g/mol. The Bertz CT molecular complexity index is 629. The van der Waals surface area contributed by atoms with Crippen LogP contribution in [0.25, 0.3) is 0 Å². The number of rotatable bonds is 8. The molecule has 0 spiro atoms. The molecule has 0 bridgehead atoms. The summed E-state index contributed by atoms with van der Waals surface area (Å²) in [5, 5.41) is 0. The van der Waals surface area contributed by atoms with E-state index >= 15 is 0 Å². The van der Waals surface area contributed by atoms with Gasteiger partial charge in [0.2, 0.25) is 0 Å². The quantitative estimate of drug-likeness (QED) is 0.465. The first-order valence-electron chi connectivity index (χ1n) is 11.0. The molecule has 0 aliphatic heterocycles. The molecule has 0 saturated carbocycles. The maximum Gasteiger partial charge on any atom is -1.00 e. The van der Waals surface area contributed by atoms with Crippen molar-refractivity contribution in [1.29, 1.82) is 0 Å². The Morgan fingerprint density at radius 2 is 1.07 bits per heavy atom. The largest absolute Gasteiger partial charge is 1.00 e. The van der Waals surface area contributed by atoms with Crippen molar-refractivity contribution in [1.82, 2.24) is 0 Å². The van der Waals surface area contributed by atoms with Crippen LogP contribution < -0.4 is 24.8 Å². The van der Waals surface area contributed by atoms with Crippen molar-refractivity contribution in [3.63, 3.8) is 0 Å². The minimum Gasteiger partial charge on any atom is -1.00 e. The summed E-state index contributed by atoms with van der Waals surface area (Å²) in [4.78, 5) is 0. The Morgan fingerprint density at radius 1 is 0.759 bits per heavy atom. The standard InChI is InChI=1S/2C13H21.2ClH.Zr/c2*1-6-13(5,10(2)3)12-8-7-11(4)9-12;;;/h2*7-10H,6H2,1-5H3;2*1H;/q;;;;+2/p-2. The molecule has 2 rings (SSSR count). The van der Waals surface area contributed by atoms with Gasteiger partial charge in [0.05, 0.1) is 0 Å². The molecule has 0 N–H and O–H groups in total. The molecular weight excluding hydrogens is 474 g/mol. The van der Waals surface area contributed by atoms with Crippen LogP contribution >= 0.6 is 0 Å². The summed E-state index contributed by atoms with van der Waals surface area (Å²) in [7, 11) is 0. The second-order valence-electron chi connectivity index (χ2n) is 10.4. The average molecular weight is 517 g/mol. The fraction of sp³-hybridized carbons (Fsp3) is 0.692. The van der Waals surface area contributed by atoms with Crippen molar-refractivity contribution in [2.45, 2.75) is 88.3 Å². The minimum atomic E-state index is -0.746. The van der Waals surface area contributed by atoms with Crippen LogP contribution in [0.2, 0.25) is 6.25 Å². The molecule has 29 heavy (non-hydrogen) atoms. The van der Waals surface area contributed by atoms with Crippen LogP contribution in [-0.2, 0) is 23.2 Å². The summed E-state index contributed by atoms with van der Waals surface area (Å²) in [6, 6.07) is 0. The Morgan fingerprint density at radius 3 is 1.31 bits per heavy atom. The van der Waals surface area contributed by atoms with E-state index in [1.807, 2.05) is 0 Å². The Labute approximate surface area is 205 Å². The zero-order chi connectivity index (χ0) is 20.7. The van der Waals surface area contributed by atoms with E-state index in [1.165, 1.54) is 12.8 Å². The molecule has 0 saturated heterocycles. The van der Waals surface area contributed by atoms with Gasteiger partial charge in [-0.25, -0.2) is 0 Å². The first-order valence-corrected chi connectivity index (χ1v) is 13.4. The summed E-state index contributed by atoms with van der Waals surface area (Å²) in [5.74, 6) is 1.35. The van der Waals surface area contributed by atoms with Crippen LogP contribution in [0, 0.1) is 22.7 Å². The molecule has 0 amide bonds. The predicted octanol–water partition coefficient (Wildman–Crippen LogP) is 2.57. The Kier molecular flexibility index (Phi) is 10.5. The van der Waals surface area contributed by atoms with Crippen molar-refractivity contribution < 1.29 is 48.0 Å². The summed E-state index contributed by atoms with van der Waals surface area (Å²) in [5.41, 5.74) is 3.77. The van der Waals surface area contributed by atoms with Gasteiger partial charge in [-0.15, -0.1) is 0 Å². The summed E-state index contributed by atoms with van der Waals surface area (Å²) < 4.78 is 0.630. The normalized spacial score (nSPS) is 29.5. The second kappa shape index (κ2) is 10.4. The van der Waals surface area contributed by atoms with Crippen molar-refractivity contribution in [3.8, 4) is 0 Å². The van der Waals surface area contributed by atoms with Gasteiger partial charge in [-0.2, -0.15) is 0 Å². The molecule has 0 radical (unpaired) electrons. The van der Waals surface area contributed by atoms with Gasteiger partial charge in [-0.1, -0.05) is 0 Å². The molecule has 4 atom stereocenters. The molecule has 0 fully saturated rings. The predicted molar refractivity (Wildman–Crippen MR) is 118 cm³/mol. The van der Waals surface area contributed by atoms with E-state index in [4.69, 9.17) is 0 Å². The summed E-state index contributed by atoms with van der Waals surface area (Å²) in [6.07, 6.45) is 17.7. The molecule has 0 aromatic heterocycles. The van der Waals surface area contributed by atoms with Crippen LogP contribution in [-0.4, -0.2) is 0 Å². The van der Waals surface area contributed by atoms with E-state index in [-0.39, 0.29) is 24.8 Å². The molecule has 3 heteroatoms. The van der Waals surface area contributed by atoms with Crippen LogP contribution in [0.1, 0.15) is 82.1 Å². The van der Waals surface area contributed by atoms with Gasteiger partial charge in [0, 0.05) is 0 Å². The number of hydrogen-bond donors (Lipinski definition) is 0. The van der Waals surface area contributed by atoms with Gasteiger partial charge < -0.3 is 24.8 Å². The number of allylic oxidation sites excluding steroid dienone is 8. The molecule has 0 heterocycles. The van der Waals surface area contributed by atoms with Crippen molar-refractivity contribution in [2.24, 2.45) is 22.7 Å².